The Balaban J connectivity index is 1.80. The van der Waals surface area contributed by atoms with Crippen LogP contribution in [-0.4, -0.2) is 35.9 Å². The number of aryl methyl sites for hydroxylation is 1. The standard InChI is InChI=1S/C13H21N3OS/c1-10-15-8-12(18-10)9-16(2)13(17)7-11-3-5-14-6-4-11/h8,11,14H,3-7,9H2,1-2H3. The highest BCUT2D eigenvalue weighted by molar-refractivity contribution is 7.11. The van der Waals surface area contributed by atoms with Crippen molar-refractivity contribution in [3.8, 4) is 0 Å². The molecular weight excluding hydrogens is 246 g/mol. The molecule has 2 heterocycles. The lowest BCUT2D eigenvalue weighted by molar-refractivity contribution is -0.131. The van der Waals surface area contributed by atoms with Crippen LogP contribution >= 0.6 is 11.3 Å². The SMILES string of the molecule is Cc1ncc(CN(C)C(=O)CC2CCNCC2)s1. The maximum absolute atomic E-state index is 12.1. The maximum Gasteiger partial charge on any atom is 0.222 e. The normalized spacial score (nSPS) is 16.8. The summed E-state index contributed by atoms with van der Waals surface area (Å²) in [5.74, 6) is 0.817. The molecule has 0 spiro atoms. The Morgan fingerprint density at radius 3 is 2.89 bits per heavy atom. The van der Waals surface area contributed by atoms with Crippen LogP contribution in [0.3, 0.4) is 0 Å². The van der Waals surface area contributed by atoms with Crippen LogP contribution in [0, 0.1) is 12.8 Å². The lowest BCUT2D eigenvalue weighted by atomic mass is 9.94. The smallest absolute Gasteiger partial charge is 0.222 e. The first-order chi connectivity index (χ1) is 8.65. The highest BCUT2D eigenvalue weighted by Gasteiger charge is 2.19. The first-order valence-corrected chi connectivity index (χ1v) is 7.33. The number of hydrogen-bond acceptors (Lipinski definition) is 4. The molecule has 1 aromatic heterocycles. The van der Waals surface area contributed by atoms with Crippen molar-refractivity contribution in [1.29, 1.82) is 0 Å². The summed E-state index contributed by atoms with van der Waals surface area (Å²) in [5, 5.41) is 4.39. The van der Waals surface area contributed by atoms with Gasteiger partial charge in [-0.1, -0.05) is 0 Å². The van der Waals surface area contributed by atoms with Crippen LogP contribution in [-0.2, 0) is 11.3 Å². The highest BCUT2D eigenvalue weighted by Crippen LogP contribution is 2.18. The van der Waals surface area contributed by atoms with E-state index in [4.69, 9.17) is 0 Å². The molecule has 0 aromatic carbocycles. The van der Waals surface area contributed by atoms with Crippen LogP contribution < -0.4 is 5.32 Å². The number of carbonyl (C=O) groups excluding carboxylic acids is 1. The van der Waals surface area contributed by atoms with Gasteiger partial charge in [-0.3, -0.25) is 4.79 Å². The van der Waals surface area contributed by atoms with Gasteiger partial charge in [0, 0.05) is 24.5 Å². The average molecular weight is 267 g/mol. The Hall–Kier alpha value is -0.940. The van der Waals surface area contributed by atoms with Gasteiger partial charge in [0.25, 0.3) is 0 Å². The van der Waals surface area contributed by atoms with Crippen molar-refractivity contribution in [3.63, 3.8) is 0 Å². The number of carbonyl (C=O) groups is 1. The number of amides is 1. The van der Waals surface area contributed by atoms with Gasteiger partial charge in [0.05, 0.1) is 11.6 Å². The van der Waals surface area contributed by atoms with Crippen molar-refractivity contribution in [2.75, 3.05) is 20.1 Å². The van der Waals surface area contributed by atoms with E-state index >= 15 is 0 Å². The molecule has 1 amide bonds. The van der Waals surface area contributed by atoms with E-state index in [1.54, 1.807) is 11.3 Å². The molecule has 0 unspecified atom stereocenters. The number of nitrogens with one attached hydrogen (secondary N) is 1. The van der Waals surface area contributed by atoms with Crippen LogP contribution in [0.2, 0.25) is 0 Å². The molecule has 1 N–H and O–H groups in total. The number of hydrogen-bond donors (Lipinski definition) is 1. The van der Waals surface area contributed by atoms with Crippen LogP contribution in [0.4, 0.5) is 0 Å². The van der Waals surface area contributed by atoms with Gasteiger partial charge in [-0.15, -0.1) is 11.3 Å². The first kappa shape index (κ1) is 13.5. The second kappa shape index (κ2) is 6.29. The molecule has 1 aliphatic rings. The second-order valence-corrected chi connectivity index (χ2v) is 6.31. The van der Waals surface area contributed by atoms with Gasteiger partial charge in [-0.2, -0.15) is 0 Å². The molecule has 0 radical (unpaired) electrons. The molecule has 2 rings (SSSR count). The fraction of sp³-hybridized carbons (Fsp3) is 0.692. The summed E-state index contributed by atoms with van der Waals surface area (Å²) < 4.78 is 0. The van der Waals surface area contributed by atoms with Crippen molar-refractivity contribution in [2.45, 2.75) is 32.7 Å². The molecule has 0 saturated carbocycles. The number of aromatic nitrogens is 1. The predicted molar refractivity (Wildman–Crippen MR) is 73.5 cm³/mol. The van der Waals surface area contributed by atoms with E-state index in [0.717, 1.165) is 35.8 Å². The van der Waals surface area contributed by atoms with Gasteiger partial charge < -0.3 is 10.2 Å². The van der Waals surface area contributed by atoms with Gasteiger partial charge in [0.15, 0.2) is 0 Å². The average Bonchev–Trinajstić information content (AvgIpc) is 2.76. The minimum absolute atomic E-state index is 0.257. The largest absolute Gasteiger partial charge is 0.341 e. The Labute approximate surface area is 112 Å². The number of piperidine rings is 1. The Bertz CT molecular complexity index is 399. The third-order valence-corrected chi connectivity index (χ3v) is 4.31. The molecular formula is C13H21N3OS. The molecule has 1 saturated heterocycles. The fourth-order valence-electron chi connectivity index (χ4n) is 2.29. The Morgan fingerprint density at radius 2 is 2.28 bits per heavy atom. The van der Waals surface area contributed by atoms with E-state index in [2.05, 4.69) is 10.3 Å². The number of rotatable bonds is 4. The molecule has 4 nitrogen and oxygen atoms in total. The van der Waals surface area contributed by atoms with Gasteiger partial charge >= 0.3 is 0 Å². The zero-order valence-electron chi connectivity index (χ0n) is 11.1. The van der Waals surface area contributed by atoms with E-state index < -0.39 is 0 Å². The zero-order valence-corrected chi connectivity index (χ0v) is 11.9. The van der Waals surface area contributed by atoms with E-state index in [1.165, 1.54) is 0 Å². The predicted octanol–water partition coefficient (Wildman–Crippen LogP) is 1.80. The third-order valence-electron chi connectivity index (χ3n) is 3.41. The zero-order chi connectivity index (χ0) is 13.0. The minimum atomic E-state index is 0.257. The van der Waals surface area contributed by atoms with Gasteiger partial charge in [0.2, 0.25) is 5.91 Å². The van der Waals surface area contributed by atoms with Gasteiger partial charge in [0.1, 0.15) is 0 Å². The van der Waals surface area contributed by atoms with E-state index in [1.807, 2.05) is 25.1 Å². The first-order valence-electron chi connectivity index (χ1n) is 6.51. The van der Waals surface area contributed by atoms with Crippen molar-refractivity contribution in [2.24, 2.45) is 5.92 Å². The fourth-order valence-corrected chi connectivity index (χ4v) is 3.14. The van der Waals surface area contributed by atoms with Crippen molar-refractivity contribution in [3.05, 3.63) is 16.1 Å². The van der Waals surface area contributed by atoms with Crippen molar-refractivity contribution in [1.82, 2.24) is 15.2 Å². The Kier molecular flexibility index (Phi) is 4.72. The molecule has 5 heteroatoms. The van der Waals surface area contributed by atoms with Crippen LogP contribution in [0.25, 0.3) is 0 Å². The summed E-state index contributed by atoms with van der Waals surface area (Å²) in [6.45, 7) is 4.78. The second-order valence-electron chi connectivity index (χ2n) is 4.99. The molecule has 0 atom stereocenters. The molecule has 100 valence electrons. The summed E-state index contributed by atoms with van der Waals surface area (Å²) >= 11 is 1.66. The van der Waals surface area contributed by atoms with Crippen molar-refractivity contribution >= 4 is 17.2 Å². The molecule has 1 fully saturated rings. The van der Waals surface area contributed by atoms with E-state index in [-0.39, 0.29) is 5.91 Å². The lowest BCUT2D eigenvalue weighted by Crippen LogP contribution is -2.33. The summed E-state index contributed by atoms with van der Waals surface area (Å²) in [6, 6.07) is 0. The van der Waals surface area contributed by atoms with E-state index in [0.29, 0.717) is 18.9 Å². The van der Waals surface area contributed by atoms with Gasteiger partial charge in [-0.25, -0.2) is 4.98 Å². The summed E-state index contributed by atoms with van der Waals surface area (Å²) in [6.07, 6.45) is 4.81. The minimum Gasteiger partial charge on any atom is -0.341 e. The third kappa shape index (κ3) is 3.78. The van der Waals surface area contributed by atoms with Crippen LogP contribution in [0.15, 0.2) is 6.20 Å². The van der Waals surface area contributed by atoms with Gasteiger partial charge in [-0.05, 0) is 38.8 Å². The number of nitrogens with zero attached hydrogens (tertiary/aromatic N) is 2. The summed E-state index contributed by atoms with van der Waals surface area (Å²) in [4.78, 5) is 19.3. The molecule has 18 heavy (non-hydrogen) atoms. The lowest BCUT2D eigenvalue weighted by Gasteiger charge is -2.24. The molecule has 1 aliphatic heterocycles. The van der Waals surface area contributed by atoms with Crippen LogP contribution in [0.1, 0.15) is 29.1 Å². The highest BCUT2D eigenvalue weighted by atomic mass is 32.1. The summed E-state index contributed by atoms with van der Waals surface area (Å²) in [7, 11) is 1.89. The van der Waals surface area contributed by atoms with Crippen LogP contribution in [0.5, 0.6) is 0 Å². The number of thiazole rings is 1. The maximum atomic E-state index is 12.1. The molecule has 0 aliphatic carbocycles. The van der Waals surface area contributed by atoms with Crippen molar-refractivity contribution < 1.29 is 4.79 Å². The quantitative estimate of drug-likeness (QED) is 0.905. The summed E-state index contributed by atoms with van der Waals surface area (Å²) in [5.41, 5.74) is 0. The monoisotopic (exact) mass is 267 g/mol. The molecule has 0 bridgehead atoms. The molecule has 1 aromatic rings. The Morgan fingerprint density at radius 1 is 1.56 bits per heavy atom. The topological polar surface area (TPSA) is 45.2 Å². The van der Waals surface area contributed by atoms with E-state index in [9.17, 15) is 4.79 Å².